The number of ether oxygens (including phenoxy) is 2. The van der Waals surface area contributed by atoms with E-state index in [-0.39, 0.29) is 23.4 Å². The van der Waals surface area contributed by atoms with Gasteiger partial charge in [-0.1, -0.05) is 101 Å². The first-order chi connectivity index (χ1) is 15.3. The van der Waals surface area contributed by atoms with Gasteiger partial charge in [-0.15, -0.1) is 0 Å². The minimum atomic E-state index is -1.04. The van der Waals surface area contributed by atoms with Crippen molar-refractivity contribution in [3.63, 3.8) is 0 Å². The van der Waals surface area contributed by atoms with E-state index in [1.807, 2.05) is 60.7 Å². The van der Waals surface area contributed by atoms with E-state index < -0.39 is 18.4 Å². The molecule has 2 unspecified atom stereocenters. The van der Waals surface area contributed by atoms with Crippen molar-refractivity contribution in [1.82, 2.24) is 0 Å². The molecule has 0 saturated carbocycles. The molecule has 0 aliphatic heterocycles. The molecule has 0 saturated heterocycles. The average Bonchev–Trinajstić information content (AvgIpc) is 2.78. The van der Waals surface area contributed by atoms with E-state index in [9.17, 15) is 14.4 Å². The fourth-order valence-corrected chi connectivity index (χ4v) is 2.96. The van der Waals surface area contributed by atoms with Crippen LogP contribution in [0.5, 0.6) is 0 Å². The maximum atomic E-state index is 12.6. The molecule has 0 radical (unpaired) electrons. The van der Waals surface area contributed by atoms with Crippen LogP contribution in [0.2, 0.25) is 0 Å². The molecule has 0 aromatic heterocycles. The van der Waals surface area contributed by atoms with Crippen molar-refractivity contribution in [3.05, 3.63) is 83.9 Å². The van der Waals surface area contributed by atoms with Gasteiger partial charge in [0.25, 0.3) is 0 Å². The topological polar surface area (TPSA) is 69.7 Å². The monoisotopic (exact) mass is 434 g/mol. The van der Waals surface area contributed by atoms with Gasteiger partial charge in [0.15, 0.2) is 23.8 Å². The van der Waals surface area contributed by atoms with Crippen LogP contribution in [-0.2, 0) is 19.1 Å². The molecule has 5 heteroatoms. The second kappa shape index (κ2) is 12.4. The van der Waals surface area contributed by atoms with Gasteiger partial charge >= 0.3 is 6.16 Å². The van der Waals surface area contributed by atoms with E-state index in [1.54, 1.807) is 39.8 Å². The Morgan fingerprint density at radius 1 is 0.625 bits per heavy atom. The third kappa shape index (κ3) is 7.99. The Labute approximate surface area is 189 Å². The lowest BCUT2D eigenvalue weighted by molar-refractivity contribution is -0.131. The van der Waals surface area contributed by atoms with E-state index in [2.05, 4.69) is 0 Å². The third-order valence-electron chi connectivity index (χ3n) is 4.70. The van der Waals surface area contributed by atoms with Crippen molar-refractivity contribution in [1.29, 1.82) is 0 Å². The van der Waals surface area contributed by atoms with Crippen LogP contribution in [0.15, 0.2) is 72.8 Å². The summed E-state index contributed by atoms with van der Waals surface area (Å²) >= 11 is 0. The first kappa shape index (κ1) is 24.8. The Kier molecular flexibility index (Phi) is 9.61. The Morgan fingerprint density at radius 3 is 1.28 bits per heavy atom. The summed E-state index contributed by atoms with van der Waals surface area (Å²) < 4.78 is 10.6. The van der Waals surface area contributed by atoms with Crippen LogP contribution in [0.1, 0.15) is 38.8 Å². The first-order valence-corrected chi connectivity index (χ1v) is 10.7. The van der Waals surface area contributed by atoms with Gasteiger partial charge in [0.2, 0.25) is 0 Å². The zero-order valence-electron chi connectivity index (χ0n) is 18.9. The van der Waals surface area contributed by atoms with Crippen LogP contribution < -0.4 is 0 Å². The summed E-state index contributed by atoms with van der Waals surface area (Å²) in [5, 5.41) is 0. The number of hydrogen-bond acceptors (Lipinski definition) is 5. The highest BCUT2D eigenvalue weighted by atomic mass is 16.7. The molecule has 0 N–H and O–H groups in total. The number of rotatable bonds is 10. The van der Waals surface area contributed by atoms with Gasteiger partial charge in [-0.25, -0.2) is 4.79 Å². The van der Waals surface area contributed by atoms with Gasteiger partial charge < -0.3 is 9.47 Å². The molecule has 2 aromatic rings. The van der Waals surface area contributed by atoms with Crippen LogP contribution in [0, 0.1) is 11.8 Å². The number of benzene rings is 2. The molecular formula is C27H30O5. The van der Waals surface area contributed by atoms with Crippen LogP contribution in [0.4, 0.5) is 4.79 Å². The maximum Gasteiger partial charge on any atom is 0.509 e. The smallest absolute Gasteiger partial charge is 0.422 e. The molecule has 0 fully saturated rings. The molecule has 0 amide bonds. The van der Waals surface area contributed by atoms with Crippen molar-refractivity contribution in [2.75, 3.05) is 0 Å². The van der Waals surface area contributed by atoms with Gasteiger partial charge in [0.1, 0.15) is 0 Å². The van der Waals surface area contributed by atoms with Crippen LogP contribution in [-0.4, -0.2) is 29.9 Å². The summed E-state index contributed by atoms with van der Waals surface area (Å²) in [7, 11) is 0. The number of ketones is 2. The van der Waals surface area contributed by atoms with Gasteiger partial charge in [-0.2, -0.15) is 0 Å². The first-order valence-electron chi connectivity index (χ1n) is 10.7. The van der Waals surface area contributed by atoms with Crippen molar-refractivity contribution >= 4 is 29.9 Å². The van der Waals surface area contributed by atoms with Crippen LogP contribution in [0.25, 0.3) is 12.2 Å². The average molecular weight is 435 g/mol. The molecule has 0 aliphatic carbocycles. The standard InChI is InChI=1S/C27H30O5/c1-19(2)25(23(28)17-15-21-11-7-5-8-12-21)31-27(30)32-26(20(3)4)24(29)18-16-22-13-9-6-10-14-22/h5-20,25-26H,1-4H3/b17-15+,18-16+. The van der Waals surface area contributed by atoms with E-state index in [4.69, 9.17) is 9.47 Å². The van der Waals surface area contributed by atoms with Gasteiger partial charge in [-0.3, -0.25) is 9.59 Å². The molecule has 2 aromatic carbocycles. The Hall–Kier alpha value is -3.47. The summed E-state index contributed by atoms with van der Waals surface area (Å²) in [6.07, 6.45) is 3.06. The van der Waals surface area contributed by atoms with Crippen LogP contribution >= 0.6 is 0 Å². The molecule has 2 atom stereocenters. The van der Waals surface area contributed by atoms with Crippen LogP contribution in [0.3, 0.4) is 0 Å². The van der Waals surface area contributed by atoms with Crippen molar-refractivity contribution < 1.29 is 23.9 Å². The summed E-state index contributed by atoms with van der Waals surface area (Å²) in [6.45, 7) is 7.11. The van der Waals surface area contributed by atoms with Crippen molar-refractivity contribution in [3.8, 4) is 0 Å². The van der Waals surface area contributed by atoms with Gasteiger partial charge in [0, 0.05) is 0 Å². The predicted molar refractivity (Wildman–Crippen MR) is 126 cm³/mol. The fraction of sp³-hybridized carbons (Fsp3) is 0.296. The molecule has 0 aliphatic rings. The maximum absolute atomic E-state index is 12.6. The van der Waals surface area contributed by atoms with Gasteiger partial charge in [-0.05, 0) is 35.1 Å². The molecular weight excluding hydrogens is 404 g/mol. The molecule has 0 bridgehead atoms. The highest BCUT2D eigenvalue weighted by Gasteiger charge is 2.30. The number of carbonyl (C=O) groups excluding carboxylic acids is 3. The Morgan fingerprint density at radius 2 is 0.969 bits per heavy atom. The van der Waals surface area contributed by atoms with Gasteiger partial charge in [0.05, 0.1) is 0 Å². The van der Waals surface area contributed by atoms with Crippen molar-refractivity contribution in [2.45, 2.75) is 39.9 Å². The minimum Gasteiger partial charge on any atom is -0.422 e. The summed E-state index contributed by atoms with van der Waals surface area (Å²) in [5.74, 6) is -1.22. The quantitative estimate of drug-likeness (QED) is 0.352. The lowest BCUT2D eigenvalue weighted by atomic mass is 10.0. The summed E-state index contributed by atoms with van der Waals surface area (Å²) in [5.41, 5.74) is 1.73. The SMILES string of the molecule is CC(C)C(OC(=O)OC(C(=O)/C=C/c1ccccc1)C(C)C)C(=O)/C=C/c1ccccc1. The molecule has 0 spiro atoms. The highest BCUT2D eigenvalue weighted by molar-refractivity contribution is 5.99. The van der Waals surface area contributed by atoms with E-state index in [0.717, 1.165) is 11.1 Å². The largest absolute Gasteiger partial charge is 0.509 e. The summed E-state index contributed by atoms with van der Waals surface area (Å²) in [4.78, 5) is 37.7. The molecule has 5 nitrogen and oxygen atoms in total. The molecule has 168 valence electrons. The Bertz CT molecular complexity index is 865. The lowest BCUT2D eigenvalue weighted by Crippen LogP contribution is -2.36. The zero-order valence-corrected chi connectivity index (χ0v) is 18.9. The lowest BCUT2D eigenvalue weighted by Gasteiger charge is -2.22. The van der Waals surface area contributed by atoms with Crippen molar-refractivity contribution in [2.24, 2.45) is 11.8 Å². The number of hydrogen-bond donors (Lipinski definition) is 0. The van der Waals surface area contributed by atoms with E-state index >= 15 is 0 Å². The second-order valence-electron chi connectivity index (χ2n) is 8.11. The third-order valence-corrected chi connectivity index (χ3v) is 4.70. The Balaban J connectivity index is 2.03. The predicted octanol–water partition coefficient (Wildman–Crippen LogP) is 5.75. The summed E-state index contributed by atoms with van der Waals surface area (Å²) in [6, 6.07) is 18.7. The second-order valence-corrected chi connectivity index (χ2v) is 8.11. The van der Waals surface area contributed by atoms with E-state index in [0.29, 0.717) is 0 Å². The normalized spacial score (nSPS) is 13.4. The molecule has 2 rings (SSSR count). The zero-order chi connectivity index (χ0) is 23.5. The minimum absolute atomic E-state index is 0.262. The number of carbonyl (C=O) groups is 3. The highest BCUT2D eigenvalue weighted by Crippen LogP contribution is 2.16. The fourth-order valence-electron chi connectivity index (χ4n) is 2.96. The van der Waals surface area contributed by atoms with E-state index in [1.165, 1.54) is 12.2 Å². The molecule has 0 heterocycles. The molecule has 32 heavy (non-hydrogen) atoms.